The van der Waals surface area contributed by atoms with Crippen molar-refractivity contribution in [3.63, 3.8) is 0 Å². The summed E-state index contributed by atoms with van der Waals surface area (Å²) in [6, 6.07) is 21.8. The summed E-state index contributed by atoms with van der Waals surface area (Å²) in [5.74, 6) is 4.39. The summed E-state index contributed by atoms with van der Waals surface area (Å²) in [6.07, 6.45) is 7.73. The molecule has 4 aromatic carbocycles. The van der Waals surface area contributed by atoms with Crippen LogP contribution in [-0.4, -0.2) is 80.4 Å². The van der Waals surface area contributed by atoms with E-state index in [0.29, 0.717) is 71.9 Å². The minimum Gasteiger partial charge on any atom is -0.492 e. The molecule has 1 aliphatic rings. The summed E-state index contributed by atoms with van der Waals surface area (Å²) < 4.78 is 17.4. The second-order valence-corrected chi connectivity index (χ2v) is 14.2. The maximum atomic E-state index is 13.4. The first kappa shape index (κ1) is 38.6. The molecule has 2 heterocycles. The van der Waals surface area contributed by atoms with E-state index in [4.69, 9.17) is 20.6 Å². The minimum atomic E-state index is -0.423. The molecule has 1 aromatic heterocycles. The van der Waals surface area contributed by atoms with Crippen molar-refractivity contribution in [1.29, 1.82) is 0 Å². The number of hydrogen-bond donors (Lipinski definition) is 4. The Morgan fingerprint density at radius 2 is 1.69 bits per heavy atom. The van der Waals surface area contributed by atoms with Crippen LogP contribution >= 0.6 is 0 Å². The molecule has 0 bridgehead atoms. The van der Waals surface area contributed by atoms with E-state index in [0.717, 1.165) is 47.2 Å². The van der Waals surface area contributed by atoms with Crippen molar-refractivity contribution in [3.8, 4) is 29.7 Å². The molecule has 0 atom stereocenters. The number of nitrogens with zero attached hydrogens (tertiary/aromatic N) is 3. The van der Waals surface area contributed by atoms with Crippen molar-refractivity contribution in [3.05, 3.63) is 107 Å². The molecule has 12 heteroatoms. The van der Waals surface area contributed by atoms with Gasteiger partial charge in [0.25, 0.3) is 5.91 Å². The molecule has 5 aromatic rings. The van der Waals surface area contributed by atoms with Gasteiger partial charge >= 0.3 is 6.03 Å². The first-order chi connectivity index (χ1) is 26.5. The molecule has 1 aliphatic heterocycles. The van der Waals surface area contributed by atoms with Crippen LogP contribution in [0.1, 0.15) is 53.6 Å². The third kappa shape index (κ3) is 9.69. The molecule has 1 fully saturated rings. The topological polar surface area (TPSA) is 139 Å². The van der Waals surface area contributed by atoms with Crippen LogP contribution in [0.15, 0.2) is 79.0 Å². The normalized spacial score (nSPS) is 13.1. The molecule has 12 nitrogen and oxygen atoms in total. The van der Waals surface area contributed by atoms with Gasteiger partial charge in [-0.15, -0.1) is 6.42 Å². The van der Waals surface area contributed by atoms with Crippen molar-refractivity contribution in [1.82, 2.24) is 20.2 Å². The highest BCUT2D eigenvalue weighted by atomic mass is 16.5. The number of terminal acetylenes is 1. The lowest BCUT2D eigenvalue weighted by Gasteiger charge is -2.26. The van der Waals surface area contributed by atoms with E-state index in [1.165, 1.54) is 0 Å². The van der Waals surface area contributed by atoms with Crippen molar-refractivity contribution < 1.29 is 23.8 Å². The maximum absolute atomic E-state index is 13.4. The molecular formula is C43H47N7O5. The lowest BCUT2D eigenvalue weighted by Crippen LogP contribution is -2.41. The van der Waals surface area contributed by atoms with Gasteiger partial charge in [0.1, 0.15) is 11.6 Å². The Bertz CT molecular complexity index is 2220. The fourth-order valence-corrected chi connectivity index (χ4v) is 6.39. The molecule has 284 valence electrons. The molecule has 55 heavy (non-hydrogen) atoms. The van der Waals surface area contributed by atoms with Crippen LogP contribution in [0.25, 0.3) is 10.8 Å². The number of amides is 3. The second kappa shape index (κ2) is 17.3. The van der Waals surface area contributed by atoms with E-state index in [1.54, 1.807) is 37.6 Å². The number of benzene rings is 4. The van der Waals surface area contributed by atoms with Crippen LogP contribution < -0.4 is 30.7 Å². The van der Waals surface area contributed by atoms with Crippen LogP contribution in [0, 0.1) is 12.3 Å². The molecule has 0 aliphatic carbocycles. The number of methoxy groups -OCH3 is 1. The van der Waals surface area contributed by atoms with Gasteiger partial charge in [-0.25, -0.2) is 9.78 Å². The first-order valence-corrected chi connectivity index (χ1v) is 18.2. The molecule has 0 saturated carbocycles. The number of morpholine rings is 1. The Kier molecular flexibility index (Phi) is 12.1. The molecule has 0 spiro atoms. The fraction of sp³-hybridized carbons (Fsp3) is 0.302. The molecule has 1 saturated heterocycles. The van der Waals surface area contributed by atoms with Gasteiger partial charge in [-0.2, -0.15) is 4.98 Å². The Morgan fingerprint density at radius 3 is 2.42 bits per heavy atom. The summed E-state index contributed by atoms with van der Waals surface area (Å²) in [5.41, 5.74) is 4.68. The predicted octanol–water partition coefficient (Wildman–Crippen LogP) is 7.05. The average molecular weight is 742 g/mol. The number of ether oxygens (including phenoxy) is 3. The van der Waals surface area contributed by atoms with E-state index in [1.807, 2.05) is 55.6 Å². The minimum absolute atomic E-state index is 0.154. The average Bonchev–Trinajstić information content (AvgIpc) is 3.18. The van der Waals surface area contributed by atoms with Gasteiger partial charge < -0.3 is 35.5 Å². The van der Waals surface area contributed by atoms with Crippen LogP contribution in [0.3, 0.4) is 0 Å². The zero-order valence-electron chi connectivity index (χ0n) is 31.9. The quantitative estimate of drug-likeness (QED) is 0.0992. The predicted molar refractivity (Wildman–Crippen MR) is 217 cm³/mol. The molecule has 4 N–H and O–H groups in total. The van der Waals surface area contributed by atoms with Crippen molar-refractivity contribution in [2.75, 3.05) is 69.5 Å². The monoisotopic (exact) mass is 741 g/mol. The highest BCUT2D eigenvalue weighted by Crippen LogP contribution is 2.39. The highest BCUT2D eigenvalue weighted by Gasteiger charge is 2.21. The lowest BCUT2D eigenvalue weighted by atomic mass is 9.86. The molecule has 3 amide bonds. The summed E-state index contributed by atoms with van der Waals surface area (Å²) in [7, 11) is 3.39. The van der Waals surface area contributed by atoms with Gasteiger partial charge in [0, 0.05) is 73.8 Å². The van der Waals surface area contributed by atoms with Gasteiger partial charge in [-0.05, 0) is 59.0 Å². The van der Waals surface area contributed by atoms with Crippen molar-refractivity contribution >= 4 is 39.8 Å². The number of hydrogen-bond acceptors (Lipinski definition) is 9. The van der Waals surface area contributed by atoms with Gasteiger partial charge in [-0.1, -0.05) is 51.0 Å². The Morgan fingerprint density at radius 1 is 0.945 bits per heavy atom. The third-order valence-corrected chi connectivity index (χ3v) is 9.30. The van der Waals surface area contributed by atoms with Gasteiger partial charge in [-0.3, -0.25) is 9.69 Å². The fourth-order valence-electron chi connectivity index (χ4n) is 6.39. The number of fused-ring (bicyclic) bond motifs is 1. The van der Waals surface area contributed by atoms with Gasteiger partial charge in [0.05, 0.1) is 37.4 Å². The van der Waals surface area contributed by atoms with E-state index in [9.17, 15) is 9.59 Å². The number of aromatic nitrogens is 2. The SMILES string of the molecule is C#Cc1cc(Cc2nccc(Oc3ccc(NC(=O)Nc4cc(C(C)(C)C)cc(NC)c4OC)c4ccccc34)n2)cc(C(=O)NCCN2CCOCC2)c1. The molecule has 6 rings (SSSR count). The van der Waals surface area contributed by atoms with Crippen LogP contribution in [0.5, 0.6) is 17.4 Å². The Balaban J connectivity index is 1.16. The number of anilines is 3. The third-order valence-electron chi connectivity index (χ3n) is 9.30. The summed E-state index contributed by atoms with van der Waals surface area (Å²) in [6.45, 7) is 10.7. The molecule has 0 radical (unpaired) electrons. The van der Waals surface area contributed by atoms with Crippen LogP contribution in [0.4, 0.5) is 21.9 Å². The van der Waals surface area contributed by atoms with E-state index in [-0.39, 0.29) is 11.3 Å². The number of rotatable bonds is 12. The molecule has 0 unspecified atom stereocenters. The van der Waals surface area contributed by atoms with Crippen LogP contribution in [-0.2, 0) is 16.6 Å². The summed E-state index contributed by atoms with van der Waals surface area (Å²) in [4.78, 5) is 37.9. The number of carbonyl (C=O) groups excluding carboxylic acids is 2. The molecular weight excluding hydrogens is 695 g/mol. The van der Waals surface area contributed by atoms with Gasteiger partial charge in [0.15, 0.2) is 5.75 Å². The van der Waals surface area contributed by atoms with E-state index in [2.05, 4.69) is 62.8 Å². The number of carbonyl (C=O) groups is 2. The smallest absolute Gasteiger partial charge is 0.323 e. The highest BCUT2D eigenvalue weighted by molar-refractivity contribution is 6.08. The second-order valence-electron chi connectivity index (χ2n) is 14.2. The van der Waals surface area contributed by atoms with Crippen LogP contribution in [0.2, 0.25) is 0 Å². The van der Waals surface area contributed by atoms with Crippen molar-refractivity contribution in [2.24, 2.45) is 0 Å². The zero-order chi connectivity index (χ0) is 39.0. The number of urea groups is 1. The van der Waals surface area contributed by atoms with Crippen molar-refractivity contribution in [2.45, 2.75) is 32.6 Å². The lowest BCUT2D eigenvalue weighted by molar-refractivity contribution is 0.0383. The van der Waals surface area contributed by atoms with E-state index >= 15 is 0 Å². The first-order valence-electron chi connectivity index (χ1n) is 18.2. The maximum Gasteiger partial charge on any atom is 0.323 e. The summed E-state index contributed by atoms with van der Waals surface area (Å²) in [5, 5.41) is 13.7. The largest absolute Gasteiger partial charge is 0.492 e. The summed E-state index contributed by atoms with van der Waals surface area (Å²) >= 11 is 0. The van der Waals surface area contributed by atoms with E-state index < -0.39 is 6.03 Å². The van der Waals surface area contributed by atoms with Gasteiger partial charge in [0.2, 0.25) is 5.88 Å². The standard InChI is InChI=1S/C43H47N7O5/c1-7-28-22-29(24-30(23-28)41(51)46-16-17-50-18-20-54-21-19-50)25-38-45-15-14-39(49-38)55-37-13-12-34(32-10-8-9-11-33(32)37)47-42(52)48-36-27-31(43(2,3)4)26-35(44-5)40(36)53-6/h1,8-15,22-24,26-27,44H,16-21,25H2,2-6H3,(H,46,51)(H2,47,48,52). The number of nitrogens with one attached hydrogen (secondary N) is 4. The zero-order valence-corrected chi connectivity index (χ0v) is 31.9. The Labute approximate surface area is 322 Å². The Hall–Kier alpha value is -6.16.